The predicted octanol–water partition coefficient (Wildman–Crippen LogP) is 1.21. The second kappa shape index (κ2) is 6.25. The molecule has 17 heavy (non-hydrogen) atoms. The summed E-state index contributed by atoms with van der Waals surface area (Å²) in [6.07, 6.45) is 0. The Morgan fingerprint density at radius 1 is 1.53 bits per heavy atom. The Labute approximate surface area is 102 Å². The molecule has 1 atom stereocenters. The smallest absolute Gasteiger partial charge is 0.224 e. The van der Waals surface area contributed by atoms with Crippen molar-refractivity contribution in [2.75, 3.05) is 13.7 Å². The van der Waals surface area contributed by atoms with Gasteiger partial charge in [0.15, 0.2) is 0 Å². The van der Waals surface area contributed by atoms with Gasteiger partial charge in [0.25, 0.3) is 0 Å². The number of nitrogens with two attached hydrogens (primary N) is 1. The van der Waals surface area contributed by atoms with E-state index in [4.69, 9.17) is 10.5 Å². The van der Waals surface area contributed by atoms with E-state index in [1.165, 1.54) is 0 Å². The van der Waals surface area contributed by atoms with Gasteiger partial charge < -0.3 is 15.8 Å². The van der Waals surface area contributed by atoms with Gasteiger partial charge in [0.1, 0.15) is 5.75 Å². The number of hydrogen-bond acceptors (Lipinski definition) is 3. The number of ether oxygens (including phenoxy) is 1. The van der Waals surface area contributed by atoms with Crippen LogP contribution in [0.5, 0.6) is 5.75 Å². The van der Waals surface area contributed by atoms with Gasteiger partial charge in [-0.25, -0.2) is 0 Å². The molecule has 0 saturated carbocycles. The number of amides is 1. The van der Waals surface area contributed by atoms with Gasteiger partial charge in [-0.2, -0.15) is 0 Å². The number of carbonyl (C=O) groups is 1. The van der Waals surface area contributed by atoms with Crippen molar-refractivity contribution in [3.8, 4) is 5.75 Å². The molecule has 0 aliphatic heterocycles. The van der Waals surface area contributed by atoms with Crippen molar-refractivity contribution in [2.45, 2.75) is 20.4 Å². The number of rotatable bonds is 5. The minimum atomic E-state index is -0.144. The van der Waals surface area contributed by atoms with E-state index in [9.17, 15) is 4.79 Å². The van der Waals surface area contributed by atoms with E-state index in [0.29, 0.717) is 13.1 Å². The summed E-state index contributed by atoms with van der Waals surface area (Å²) in [5.74, 6) is 0.700. The summed E-state index contributed by atoms with van der Waals surface area (Å²) in [4.78, 5) is 11.5. The molecule has 94 valence electrons. The highest BCUT2D eigenvalue weighted by Gasteiger charge is 2.10. The van der Waals surface area contributed by atoms with Crippen LogP contribution in [0.3, 0.4) is 0 Å². The number of methoxy groups -OCH3 is 1. The first-order valence-electron chi connectivity index (χ1n) is 5.69. The van der Waals surface area contributed by atoms with Gasteiger partial charge in [-0.05, 0) is 24.1 Å². The standard InChI is InChI=1S/C13H20N2O2/c1-9-6-11(4-5-12(9)17-3)8-15-13(16)10(2)7-14/h4-6,10H,7-8,14H2,1-3H3,(H,15,16). The van der Waals surface area contributed by atoms with Crippen molar-refractivity contribution in [1.82, 2.24) is 5.32 Å². The van der Waals surface area contributed by atoms with Gasteiger partial charge in [0.05, 0.1) is 7.11 Å². The van der Waals surface area contributed by atoms with E-state index in [0.717, 1.165) is 16.9 Å². The minimum absolute atomic E-state index is 0.0130. The lowest BCUT2D eigenvalue weighted by Gasteiger charge is -2.11. The number of carbonyl (C=O) groups excluding carboxylic acids is 1. The predicted molar refractivity (Wildman–Crippen MR) is 67.8 cm³/mol. The SMILES string of the molecule is COc1ccc(CNC(=O)C(C)CN)cc1C. The molecular formula is C13H20N2O2. The lowest BCUT2D eigenvalue weighted by molar-refractivity contribution is -0.124. The maximum atomic E-state index is 11.5. The summed E-state index contributed by atoms with van der Waals surface area (Å²) in [5.41, 5.74) is 7.54. The van der Waals surface area contributed by atoms with Crippen LogP contribution in [0.15, 0.2) is 18.2 Å². The molecule has 0 fully saturated rings. The highest BCUT2D eigenvalue weighted by atomic mass is 16.5. The van der Waals surface area contributed by atoms with Crippen LogP contribution in [0.1, 0.15) is 18.1 Å². The molecule has 4 nitrogen and oxygen atoms in total. The fraction of sp³-hybridized carbons (Fsp3) is 0.462. The van der Waals surface area contributed by atoms with Crippen molar-refractivity contribution in [3.05, 3.63) is 29.3 Å². The molecule has 0 saturated heterocycles. The summed E-state index contributed by atoms with van der Waals surface area (Å²) < 4.78 is 5.18. The Bertz CT molecular complexity index is 391. The van der Waals surface area contributed by atoms with Crippen LogP contribution in [0.4, 0.5) is 0 Å². The third-order valence-corrected chi connectivity index (χ3v) is 2.73. The molecule has 1 aromatic carbocycles. The van der Waals surface area contributed by atoms with Crippen LogP contribution >= 0.6 is 0 Å². The molecule has 0 aliphatic rings. The first-order chi connectivity index (χ1) is 8.08. The van der Waals surface area contributed by atoms with Gasteiger partial charge in [0, 0.05) is 19.0 Å². The van der Waals surface area contributed by atoms with Crippen molar-refractivity contribution in [2.24, 2.45) is 11.7 Å². The van der Waals surface area contributed by atoms with Crippen LogP contribution in [0.2, 0.25) is 0 Å². The Balaban J connectivity index is 2.58. The second-order valence-electron chi connectivity index (χ2n) is 4.16. The second-order valence-corrected chi connectivity index (χ2v) is 4.16. The largest absolute Gasteiger partial charge is 0.496 e. The average Bonchev–Trinajstić information content (AvgIpc) is 2.35. The summed E-state index contributed by atoms with van der Waals surface area (Å²) in [5, 5.41) is 2.85. The lowest BCUT2D eigenvalue weighted by atomic mass is 10.1. The van der Waals surface area contributed by atoms with Crippen molar-refractivity contribution >= 4 is 5.91 Å². The zero-order valence-electron chi connectivity index (χ0n) is 10.6. The number of nitrogens with one attached hydrogen (secondary N) is 1. The topological polar surface area (TPSA) is 64.3 Å². The monoisotopic (exact) mass is 236 g/mol. The summed E-state index contributed by atoms with van der Waals surface area (Å²) in [7, 11) is 1.65. The van der Waals surface area contributed by atoms with E-state index in [1.54, 1.807) is 7.11 Å². The van der Waals surface area contributed by atoms with Gasteiger partial charge >= 0.3 is 0 Å². The highest BCUT2D eigenvalue weighted by Crippen LogP contribution is 2.18. The van der Waals surface area contributed by atoms with Crippen molar-refractivity contribution in [1.29, 1.82) is 0 Å². The molecule has 1 rings (SSSR count). The maximum Gasteiger partial charge on any atom is 0.224 e. The van der Waals surface area contributed by atoms with Crippen LogP contribution < -0.4 is 15.8 Å². The summed E-state index contributed by atoms with van der Waals surface area (Å²) in [6, 6.07) is 5.86. The van der Waals surface area contributed by atoms with Gasteiger partial charge in [-0.1, -0.05) is 19.1 Å². The third kappa shape index (κ3) is 3.75. The number of hydrogen-bond donors (Lipinski definition) is 2. The molecule has 0 aromatic heterocycles. The summed E-state index contributed by atoms with van der Waals surface area (Å²) in [6.45, 7) is 4.68. The normalized spacial score (nSPS) is 12.0. The molecule has 0 radical (unpaired) electrons. The maximum absolute atomic E-state index is 11.5. The van der Waals surface area contributed by atoms with Crippen LogP contribution in [-0.4, -0.2) is 19.6 Å². The molecule has 0 bridgehead atoms. The quantitative estimate of drug-likeness (QED) is 0.807. The van der Waals surface area contributed by atoms with E-state index in [1.807, 2.05) is 32.0 Å². The molecule has 1 amide bonds. The molecule has 0 spiro atoms. The molecule has 0 aliphatic carbocycles. The van der Waals surface area contributed by atoms with Gasteiger partial charge in [0.2, 0.25) is 5.91 Å². The highest BCUT2D eigenvalue weighted by molar-refractivity contribution is 5.78. The van der Waals surface area contributed by atoms with Crippen LogP contribution in [0.25, 0.3) is 0 Å². The fourth-order valence-corrected chi connectivity index (χ4v) is 1.52. The Morgan fingerprint density at radius 2 is 2.24 bits per heavy atom. The lowest BCUT2D eigenvalue weighted by Crippen LogP contribution is -2.32. The van der Waals surface area contributed by atoms with Crippen LogP contribution in [0, 0.1) is 12.8 Å². The molecule has 1 aromatic rings. The van der Waals surface area contributed by atoms with E-state index in [2.05, 4.69) is 5.32 Å². The Morgan fingerprint density at radius 3 is 2.76 bits per heavy atom. The van der Waals surface area contributed by atoms with E-state index >= 15 is 0 Å². The Hall–Kier alpha value is -1.55. The molecule has 1 unspecified atom stereocenters. The van der Waals surface area contributed by atoms with E-state index < -0.39 is 0 Å². The average molecular weight is 236 g/mol. The zero-order valence-corrected chi connectivity index (χ0v) is 10.6. The number of aryl methyl sites for hydroxylation is 1. The molecule has 0 heterocycles. The summed E-state index contributed by atoms with van der Waals surface area (Å²) >= 11 is 0. The molecular weight excluding hydrogens is 216 g/mol. The fourth-order valence-electron chi connectivity index (χ4n) is 1.52. The van der Waals surface area contributed by atoms with Gasteiger partial charge in [-0.15, -0.1) is 0 Å². The third-order valence-electron chi connectivity index (χ3n) is 2.73. The van der Waals surface area contributed by atoms with E-state index in [-0.39, 0.29) is 11.8 Å². The molecule has 4 heteroatoms. The van der Waals surface area contributed by atoms with Crippen molar-refractivity contribution in [3.63, 3.8) is 0 Å². The zero-order chi connectivity index (χ0) is 12.8. The number of benzene rings is 1. The first kappa shape index (κ1) is 13.5. The Kier molecular flexibility index (Phi) is 4.97. The van der Waals surface area contributed by atoms with Crippen molar-refractivity contribution < 1.29 is 9.53 Å². The van der Waals surface area contributed by atoms with Gasteiger partial charge in [-0.3, -0.25) is 4.79 Å². The minimum Gasteiger partial charge on any atom is -0.496 e. The van der Waals surface area contributed by atoms with Crippen LogP contribution in [-0.2, 0) is 11.3 Å². The molecule has 3 N–H and O–H groups in total. The first-order valence-corrected chi connectivity index (χ1v) is 5.69.